The van der Waals surface area contributed by atoms with Crippen LogP contribution in [0, 0.1) is 5.82 Å². The molecule has 2 heterocycles. The molecule has 206 valence electrons. The van der Waals surface area contributed by atoms with Crippen LogP contribution < -0.4 is 4.90 Å². The maximum Gasteiger partial charge on any atom is 0.255 e. The molecule has 2 aliphatic rings. The predicted molar refractivity (Wildman–Crippen MR) is 152 cm³/mol. The summed E-state index contributed by atoms with van der Waals surface area (Å²) in [5, 5.41) is 0. The first-order chi connectivity index (χ1) is 19.1. The van der Waals surface area contributed by atoms with E-state index in [1.54, 1.807) is 6.07 Å². The quantitative estimate of drug-likeness (QED) is 0.331. The van der Waals surface area contributed by atoms with Crippen LogP contribution in [-0.2, 0) is 16.0 Å². The van der Waals surface area contributed by atoms with Crippen LogP contribution in [0.2, 0.25) is 0 Å². The number of para-hydroxylation sites is 1. The van der Waals surface area contributed by atoms with Crippen molar-refractivity contribution in [2.75, 3.05) is 44.3 Å². The number of carbonyl (C=O) groups is 1. The Morgan fingerprint density at radius 1 is 0.897 bits per heavy atom. The number of benzene rings is 3. The molecule has 3 aromatic carbocycles. The molecule has 0 saturated carbocycles. The van der Waals surface area contributed by atoms with Gasteiger partial charge in [0.1, 0.15) is 5.82 Å². The molecule has 0 aliphatic carbocycles. The van der Waals surface area contributed by atoms with Gasteiger partial charge in [-0.1, -0.05) is 48.5 Å². The van der Waals surface area contributed by atoms with Crippen LogP contribution in [0.3, 0.4) is 0 Å². The average molecular weight is 532 g/mol. The van der Waals surface area contributed by atoms with Crippen molar-refractivity contribution in [3.63, 3.8) is 0 Å². The van der Waals surface area contributed by atoms with Crippen molar-refractivity contribution >= 4 is 17.3 Å². The zero-order chi connectivity index (χ0) is 27.2. The first-order valence-corrected chi connectivity index (χ1v) is 14.1. The molecule has 39 heavy (non-hydrogen) atoms. The van der Waals surface area contributed by atoms with E-state index in [2.05, 4.69) is 34.1 Å². The van der Waals surface area contributed by atoms with E-state index in [9.17, 15) is 4.79 Å². The third-order valence-electron chi connectivity index (χ3n) is 7.74. The summed E-state index contributed by atoms with van der Waals surface area (Å²) in [6.07, 6.45) is 1.19. The number of ether oxygens (including phenoxy) is 2. The number of nitrogens with zero attached hydrogens (tertiary/aromatic N) is 3. The van der Waals surface area contributed by atoms with E-state index in [0.29, 0.717) is 37.6 Å². The van der Waals surface area contributed by atoms with Gasteiger partial charge in [0.15, 0.2) is 6.29 Å². The minimum Gasteiger partial charge on any atom is -0.346 e. The zero-order valence-corrected chi connectivity index (χ0v) is 22.9. The number of piperidine rings is 1. The van der Waals surface area contributed by atoms with Crippen molar-refractivity contribution in [2.24, 2.45) is 0 Å². The van der Waals surface area contributed by atoms with Gasteiger partial charge >= 0.3 is 0 Å². The van der Waals surface area contributed by atoms with Gasteiger partial charge in [0.05, 0.1) is 30.2 Å². The van der Waals surface area contributed by atoms with Crippen LogP contribution in [-0.4, -0.2) is 61.1 Å². The minimum atomic E-state index is -0.508. The Labute approximate surface area is 230 Å². The number of hydrogen-bond acceptors (Lipinski definition) is 5. The van der Waals surface area contributed by atoms with Crippen LogP contribution >= 0.6 is 0 Å². The van der Waals surface area contributed by atoms with Crippen molar-refractivity contribution in [1.29, 1.82) is 0 Å². The number of amides is 1. The van der Waals surface area contributed by atoms with E-state index in [1.807, 2.05) is 55.1 Å². The number of carbonyl (C=O) groups excluding carboxylic acids is 1. The molecule has 2 aliphatic heterocycles. The van der Waals surface area contributed by atoms with Gasteiger partial charge in [-0.05, 0) is 56.5 Å². The van der Waals surface area contributed by atoms with E-state index in [0.717, 1.165) is 43.7 Å². The number of halogens is 1. The van der Waals surface area contributed by atoms with Crippen LogP contribution in [0.4, 0.5) is 15.8 Å². The summed E-state index contributed by atoms with van der Waals surface area (Å²) in [5.74, 6) is -0.366. The summed E-state index contributed by atoms with van der Waals surface area (Å²) < 4.78 is 27.2. The number of likely N-dealkylation sites (tertiary alicyclic amines) is 1. The summed E-state index contributed by atoms with van der Waals surface area (Å²) in [4.78, 5) is 19.9. The monoisotopic (exact) mass is 531 g/mol. The second-order valence-electron chi connectivity index (χ2n) is 10.1. The molecule has 0 unspecified atom stereocenters. The number of rotatable bonds is 9. The second-order valence-corrected chi connectivity index (χ2v) is 10.1. The standard InChI is InChI=1S/C32H38FN3O3/c1-3-35(4-2)31(37)27-12-8-9-13-29(27)36(30-22-25(14-15-28(30)33)32-38-20-21-39-32)26-16-18-34(19-17-26)23-24-10-6-5-7-11-24/h5-15,22,26,32H,3-4,16-21,23H2,1-2H3. The topological polar surface area (TPSA) is 45.3 Å². The molecule has 0 atom stereocenters. The Hall–Kier alpha value is -3.26. The van der Waals surface area contributed by atoms with Crippen molar-refractivity contribution in [3.05, 3.63) is 95.3 Å². The lowest BCUT2D eigenvalue weighted by Crippen LogP contribution is -2.44. The molecule has 6 nitrogen and oxygen atoms in total. The molecular formula is C32H38FN3O3. The van der Waals surface area contributed by atoms with Crippen molar-refractivity contribution in [1.82, 2.24) is 9.80 Å². The van der Waals surface area contributed by atoms with Gasteiger partial charge in [0.25, 0.3) is 5.91 Å². The Kier molecular flexibility index (Phi) is 8.91. The smallest absolute Gasteiger partial charge is 0.255 e. The highest BCUT2D eigenvalue weighted by Crippen LogP contribution is 2.38. The van der Waals surface area contributed by atoms with E-state index in [4.69, 9.17) is 9.47 Å². The highest BCUT2D eigenvalue weighted by atomic mass is 19.1. The first kappa shape index (κ1) is 27.3. The van der Waals surface area contributed by atoms with Crippen LogP contribution in [0.1, 0.15) is 54.5 Å². The number of hydrogen-bond donors (Lipinski definition) is 0. The minimum absolute atomic E-state index is 0.0258. The molecule has 0 aromatic heterocycles. The SMILES string of the molecule is CCN(CC)C(=O)c1ccccc1N(c1cc(C2OCCO2)ccc1F)C1CCN(Cc2ccccc2)CC1. The summed E-state index contributed by atoms with van der Waals surface area (Å²) >= 11 is 0. The predicted octanol–water partition coefficient (Wildman–Crippen LogP) is 6.16. The molecule has 0 N–H and O–H groups in total. The zero-order valence-electron chi connectivity index (χ0n) is 22.9. The van der Waals surface area contributed by atoms with Gasteiger partial charge in [-0.15, -0.1) is 0 Å². The van der Waals surface area contributed by atoms with Gasteiger partial charge in [-0.25, -0.2) is 4.39 Å². The molecule has 2 saturated heterocycles. The fourth-order valence-electron chi connectivity index (χ4n) is 5.66. The van der Waals surface area contributed by atoms with Gasteiger partial charge in [0.2, 0.25) is 0 Å². The molecule has 0 radical (unpaired) electrons. The third-order valence-corrected chi connectivity index (χ3v) is 7.74. The van der Waals surface area contributed by atoms with Gasteiger partial charge < -0.3 is 19.3 Å². The van der Waals surface area contributed by atoms with E-state index < -0.39 is 6.29 Å². The van der Waals surface area contributed by atoms with Crippen molar-refractivity contribution in [2.45, 2.75) is 45.6 Å². The lowest BCUT2D eigenvalue weighted by molar-refractivity contribution is -0.0441. The first-order valence-electron chi connectivity index (χ1n) is 14.1. The van der Waals surface area contributed by atoms with E-state index >= 15 is 4.39 Å². The van der Waals surface area contributed by atoms with Crippen molar-refractivity contribution < 1.29 is 18.7 Å². The summed E-state index contributed by atoms with van der Waals surface area (Å²) in [5.41, 5.74) is 3.85. The highest BCUT2D eigenvalue weighted by Gasteiger charge is 2.32. The normalized spacial score (nSPS) is 16.9. The molecular weight excluding hydrogens is 493 g/mol. The third kappa shape index (κ3) is 6.16. The maximum absolute atomic E-state index is 15.7. The van der Waals surface area contributed by atoms with Crippen LogP contribution in [0.25, 0.3) is 0 Å². The summed E-state index contributed by atoms with van der Waals surface area (Å²) in [6, 6.07) is 23.2. The summed E-state index contributed by atoms with van der Waals surface area (Å²) in [7, 11) is 0. The fourth-order valence-corrected chi connectivity index (χ4v) is 5.66. The molecule has 0 spiro atoms. The van der Waals surface area contributed by atoms with Gasteiger partial charge in [0, 0.05) is 44.3 Å². The van der Waals surface area contributed by atoms with Gasteiger partial charge in [-0.3, -0.25) is 9.69 Å². The molecule has 0 bridgehead atoms. The number of anilines is 2. The maximum atomic E-state index is 15.7. The largest absolute Gasteiger partial charge is 0.346 e. The van der Waals surface area contributed by atoms with E-state index in [1.165, 1.54) is 11.6 Å². The second kappa shape index (κ2) is 12.7. The summed E-state index contributed by atoms with van der Waals surface area (Å²) in [6.45, 7) is 8.89. The molecule has 3 aromatic rings. The van der Waals surface area contributed by atoms with Gasteiger partial charge in [-0.2, -0.15) is 0 Å². The van der Waals surface area contributed by atoms with E-state index in [-0.39, 0.29) is 17.8 Å². The average Bonchev–Trinajstić information content (AvgIpc) is 3.52. The fraction of sp³-hybridized carbons (Fsp3) is 0.406. The lowest BCUT2D eigenvalue weighted by Gasteiger charge is -2.41. The van der Waals surface area contributed by atoms with Crippen molar-refractivity contribution in [3.8, 4) is 0 Å². The molecule has 7 heteroatoms. The van der Waals surface area contributed by atoms with Crippen LogP contribution in [0.5, 0.6) is 0 Å². The molecule has 2 fully saturated rings. The Bertz CT molecular complexity index is 1240. The van der Waals surface area contributed by atoms with Crippen LogP contribution in [0.15, 0.2) is 72.8 Å². The Morgan fingerprint density at radius 2 is 1.56 bits per heavy atom. The highest BCUT2D eigenvalue weighted by molar-refractivity contribution is 6.00. The Morgan fingerprint density at radius 3 is 2.26 bits per heavy atom. The lowest BCUT2D eigenvalue weighted by atomic mass is 9.98. The molecule has 1 amide bonds. The molecule has 5 rings (SSSR count). The Balaban J connectivity index is 1.50.